The second-order valence-electron chi connectivity index (χ2n) is 12.1. The van der Waals surface area contributed by atoms with E-state index in [1.54, 1.807) is 4.90 Å². The number of rotatable bonds is 11. The molecule has 0 radical (unpaired) electrons. The Balaban J connectivity index is 1.00. The van der Waals surface area contributed by atoms with Gasteiger partial charge in [0.2, 0.25) is 0 Å². The molecule has 5 rings (SSSR count). The number of benzene rings is 2. The normalized spacial score (nSPS) is 14.3. The zero-order valence-electron chi connectivity index (χ0n) is 25.2. The third kappa shape index (κ3) is 8.57. The van der Waals surface area contributed by atoms with Crippen molar-refractivity contribution >= 4 is 28.4 Å². The number of aryl methyl sites for hydroxylation is 2. The number of pyridine rings is 1. The van der Waals surface area contributed by atoms with Crippen molar-refractivity contribution in [3.63, 3.8) is 0 Å². The van der Waals surface area contributed by atoms with Crippen LogP contribution in [0.3, 0.4) is 0 Å². The van der Waals surface area contributed by atoms with E-state index in [4.69, 9.17) is 4.74 Å². The summed E-state index contributed by atoms with van der Waals surface area (Å²) in [5.74, 6) is 0. The Bertz CT molecular complexity index is 1430. The molecular formula is C34H44N6O2. The van der Waals surface area contributed by atoms with Crippen molar-refractivity contribution in [2.75, 3.05) is 44.6 Å². The molecule has 0 spiro atoms. The Morgan fingerprint density at radius 3 is 2.55 bits per heavy atom. The number of ether oxygens (including phenoxy) is 1. The number of fused-ring (bicyclic) bond motifs is 1. The molecule has 3 heterocycles. The zero-order chi connectivity index (χ0) is 29.4. The van der Waals surface area contributed by atoms with Gasteiger partial charge in [-0.15, -0.1) is 0 Å². The zero-order valence-corrected chi connectivity index (χ0v) is 25.2. The molecule has 2 aromatic carbocycles. The molecule has 0 unspecified atom stereocenters. The third-order valence-electron chi connectivity index (χ3n) is 7.58. The first-order valence-corrected chi connectivity index (χ1v) is 15.1. The fraction of sp³-hybridized carbons (Fsp3) is 0.412. The van der Waals surface area contributed by atoms with Gasteiger partial charge in [-0.05, 0) is 81.5 Å². The van der Waals surface area contributed by atoms with Crippen LogP contribution in [0.5, 0.6) is 0 Å². The highest BCUT2D eigenvalue weighted by Gasteiger charge is 2.25. The molecule has 42 heavy (non-hydrogen) atoms. The third-order valence-corrected chi connectivity index (χ3v) is 7.58. The molecule has 4 aromatic rings. The first kappa shape index (κ1) is 29.6. The van der Waals surface area contributed by atoms with E-state index in [9.17, 15) is 4.79 Å². The van der Waals surface area contributed by atoms with Gasteiger partial charge in [-0.2, -0.15) is 0 Å². The van der Waals surface area contributed by atoms with Crippen LogP contribution in [-0.2, 0) is 24.1 Å². The van der Waals surface area contributed by atoms with Gasteiger partial charge in [-0.1, -0.05) is 30.3 Å². The van der Waals surface area contributed by atoms with Crippen molar-refractivity contribution in [2.24, 2.45) is 0 Å². The molecule has 0 aliphatic carbocycles. The van der Waals surface area contributed by atoms with Crippen LogP contribution in [-0.4, -0.2) is 70.7 Å². The van der Waals surface area contributed by atoms with Crippen molar-refractivity contribution in [2.45, 2.75) is 52.2 Å². The Morgan fingerprint density at radius 2 is 1.76 bits per heavy atom. The molecule has 8 heteroatoms. The summed E-state index contributed by atoms with van der Waals surface area (Å²) in [6, 6.07) is 21.4. The highest BCUT2D eigenvalue weighted by molar-refractivity contribution is 5.83. The van der Waals surface area contributed by atoms with Crippen LogP contribution in [0.4, 0.5) is 16.2 Å². The predicted molar refractivity (Wildman–Crippen MR) is 170 cm³/mol. The lowest BCUT2D eigenvalue weighted by Gasteiger charge is -2.35. The number of aromatic nitrogens is 2. The highest BCUT2D eigenvalue weighted by atomic mass is 16.6. The van der Waals surface area contributed by atoms with E-state index < -0.39 is 5.60 Å². The smallest absolute Gasteiger partial charge is 0.410 e. The molecule has 1 saturated heterocycles. The Labute approximate surface area is 249 Å². The minimum Gasteiger partial charge on any atom is -0.444 e. The second kappa shape index (κ2) is 13.9. The minimum atomic E-state index is -0.455. The fourth-order valence-corrected chi connectivity index (χ4v) is 5.33. The largest absolute Gasteiger partial charge is 0.444 e. The summed E-state index contributed by atoms with van der Waals surface area (Å²) in [4.78, 5) is 24.4. The van der Waals surface area contributed by atoms with Crippen molar-refractivity contribution in [3.05, 3.63) is 89.9 Å². The molecular weight excluding hydrogens is 524 g/mol. The average Bonchev–Trinajstić information content (AvgIpc) is 3.39. The van der Waals surface area contributed by atoms with Crippen molar-refractivity contribution in [3.8, 4) is 0 Å². The molecule has 1 fully saturated rings. The summed E-state index contributed by atoms with van der Waals surface area (Å²) in [5, 5.41) is 8.36. The molecule has 8 nitrogen and oxygen atoms in total. The van der Waals surface area contributed by atoms with Crippen LogP contribution in [0.1, 0.15) is 44.0 Å². The van der Waals surface area contributed by atoms with E-state index in [0.29, 0.717) is 19.6 Å². The van der Waals surface area contributed by atoms with Gasteiger partial charge in [-0.3, -0.25) is 9.88 Å². The number of para-hydroxylation sites is 1. The van der Waals surface area contributed by atoms with Gasteiger partial charge in [0.1, 0.15) is 5.60 Å². The predicted octanol–water partition coefficient (Wildman–Crippen LogP) is 6.12. The van der Waals surface area contributed by atoms with E-state index in [2.05, 4.69) is 86.3 Å². The summed E-state index contributed by atoms with van der Waals surface area (Å²) in [7, 11) is 0. The van der Waals surface area contributed by atoms with E-state index in [1.807, 2.05) is 33.0 Å². The average molecular weight is 569 g/mol. The lowest BCUT2D eigenvalue weighted by Crippen LogP contribution is -2.51. The van der Waals surface area contributed by atoms with Gasteiger partial charge < -0.3 is 25.3 Å². The fourth-order valence-electron chi connectivity index (χ4n) is 5.33. The number of carbonyl (C=O) groups excluding carboxylic acids is 1. The van der Waals surface area contributed by atoms with Crippen LogP contribution < -0.4 is 10.6 Å². The number of amides is 1. The van der Waals surface area contributed by atoms with Gasteiger partial charge >= 0.3 is 6.09 Å². The van der Waals surface area contributed by atoms with Gasteiger partial charge in [-0.25, -0.2) is 4.79 Å². The monoisotopic (exact) mass is 568 g/mol. The van der Waals surface area contributed by atoms with Gasteiger partial charge in [0, 0.05) is 80.5 Å². The van der Waals surface area contributed by atoms with E-state index in [1.165, 1.54) is 22.0 Å². The number of anilines is 2. The molecule has 2 aromatic heterocycles. The van der Waals surface area contributed by atoms with Gasteiger partial charge in [0.15, 0.2) is 0 Å². The Kier molecular flexibility index (Phi) is 9.77. The maximum Gasteiger partial charge on any atom is 0.410 e. The number of aromatic amines is 1. The van der Waals surface area contributed by atoms with Gasteiger partial charge in [0.05, 0.1) is 5.69 Å². The number of hydrogen-bond acceptors (Lipinski definition) is 6. The molecule has 222 valence electrons. The molecule has 3 N–H and O–H groups in total. The van der Waals surface area contributed by atoms with E-state index >= 15 is 0 Å². The number of carbonyl (C=O) groups is 1. The van der Waals surface area contributed by atoms with Crippen LogP contribution in [0.2, 0.25) is 0 Å². The van der Waals surface area contributed by atoms with Crippen molar-refractivity contribution in [1.82, 2.24) is 25.1 Å². The number of nitrogens with one attached hydrogen (secondary N) is 3. The number of nitrogens with zero attached hydrogens (tertiary/aromatic N) is 3. The Morgan fingerprint density at radius 1 is 0.976 bits per heavy atom. The van der Waals surface area contributed by atoms with Crippen LogP contribution in [0, 0.1) is 0 Å². The quantitative estimate of drug-likeness (QED) is 0.189. The lowest BCUT2D eigenvalue weighted by atomic mass is 10.0. The molecule has 1 aliphatic heterocycles. The van der Waals surface area contributed by atoms with Crippen molar-refractivity contribution < 1.29 is 9.53 Å². The van der Waals surface area contributed by atoms with Crippen LogP contribution >= 0.6 is 0 Å². The summed E-state index contributed by atoms with van der Waals surface area (Å²) < 4.78 is 5.49. The van der Waals surface area contributed by atoms with E-state index in [-0.39, 0.29) is 6.09 Å². The summed E-state index contributed by atoms with van der Waals surface area (Å²) in [6.07, 6.45) is 7.04. The highest BCUT2D eigenvalue weighted by Crippen LogP contribution is 2.21. The topological polar surface area (TPSA) is 85.5 Å². The summed E-state index contributed by atoms with van der Waals surface area (Å²) in [5.41, 5.74) is 6.62. The summed E-state index contributed by atoms with van der Waals surface area (Å²) >= 11 is 0. The first-order chi connectivity index (χ1) is 20.3. The second-order valence-corrected chi connectivity index (χ2v) is 12.1. The van der Waals surface area contributed by atoms with Crippen LogP contribution in [0.25, 0.3) is 10.9 Å². The molecule has 0 bridgehead atoms. The van der Waals surface area contributed by atoms with Gasteiger partial charge in [0.25, 0.3) is 0 Å². The Hall–Kier alpha value is -3.88. The minimum absolute atomic E-state index is 0.215. The maximum atomic E-state index is 12.3. The van der Waals surface area contributed by atoms with Crippen molar-refractivity contribution in [1.29, 1.82) is 0 Å². The van der Waals surface area contributed by atoms with Crippen LogP contribution in [0.15, 0.2) is 73.1 Å². The maximum absolute atomic E-state index is 12.3. The standard InChI is InChI=1S/C34H44N6O2/c1-34(2,3)42-33(41)40-21-19-39(20-22-40)18-17-35-25-30-23-29(15-16-36-30)38-28-13-11-26(12-14-28)7-6-8-27-24-37-32-10-5-4-9-31(27)32/h4-5,9-16,23-24,35,37H,6-8,17-22,25H2,1-3H3,(H,36,38). The SMILES string of the molecule is CC(C)(C)OC(=O)N1CCN(CCNCc2cc(Nc3ccc(CCCc4c[nH]c5ccccc45)cc3)ccn2)CC1. The lowest BCUT2D eigenvalue weighted by molar-refractivity contribution is 0.0146. The molecule has 0 saturated carbocycles. The molecule has 1 aliphatic rings. The number of H-pyrrole nitrogens is 1. The first-order valence-electron chi connectivity index (χ1n) is 15.1. The molecule has 1 amide bonds. The number of hydrogen-bond donors (Lipinski definition) is 3. The molecule has 0 atom stereocenters. The summed E-state index contributed by atoms with van der Waals surface area (Å²) in [6.45, 7) is 11.4. The van der Waals surface area contributed by atoms with E-state index in [0.717, 1.165) is 62.5 Å². The number of piperazine rings is 1.